The van der Waals surface area contributed by atoms with Crippen LogP contribution in [0.1, 0.15) is 25.7 Å². The lowest BCUT2D eigenvalue weighted by molar-refractivity contribution is -0.114. The van der Waals surface area contributed by atoms with E-state index in [4.69, 9.17) is 5.73 Å². The fraction of sp³-hybridized carbons (Fsp3) is 0.467. The average molecular weight is 328 g/mol. The lowest BCUT2D eigenvalue weighted by atomic mass is 10.2. The van der Waals surface area contributed by atoms with Crippen molar-refractivity contribution < 1.29 is 18.0 Å². The third kappa shape index (κ3) is 4.61. The predicted molar refractivity (Wildman–Crippen MR) is 81.5 cm³/mol. The first-order valence-corrected chi connectivity index (χ1v) is 7.47. The molecule has 126 valence electrons. The monoisotopic (exact) mass is 328 g/mol. The van der Waals surface area contributed by atoms with Crippen molar-refractivity contribution in [2.75, 3.05) is 25.0 Å². The summed E-state index contributed by atoms with van der Waals surface area (Å²) in [4.78, 5) is 17.6. The highest BCUT2D eigenvalue weighted by Crippen LogP contribution is 2.19. The van der Waals surface area contributed by atoms with Gasteiger partial charge in [0, 0.05) is 13.1 Å². The van der Waals surface area contributed by atoms with Crippen molar-refractivity contribution in [3.8, 4) is 0 Å². The Bertz CT molecular complexity index is 599. The lowest BCUT2D eigenvalue weighted by Gasteiger charge is -2.20. The van der Waals surface area contributed by atoms with Crippen LogP contribution in [0.5, 0.6) is 0 Å². The molecule has 23 heavy (non-hydrogen) atoms. The van der Waals surface area contributed by atoms with E-state index < -0.39 is 29.0 Å². The van der Waals surface area contributed by atoms with Gasteiger partial charge in [-0.05, 0) is 25.0 Å². The number of hydrogen-bond acceptors (Lipinski definition) is 2. The smallest absolute Gasteiger partial charge is 0.246 e. The van der Waals surface area contributed by atoms with E-state index >= 15 is 0 Å². The number of carbonyl (C=O) groups excluding carboxylic acids is 1. The summed E-state index contributed by atoms with van der Waals surface area (Å²) in [6, 6.07) is 1.69. The van der Waals surface area contributed by atoms with E-state index in [9.17, 15) is 18.0 Å². The van der Waals surface area contributed by atoms with Gasteiger partial charge in [-0.25, -0.2) is 18.2 Å². The van der Waals surface area contributed by atoms with Crippen molar-refractivity contribution >= 4 is 17.6 Å². The van der Waals surface area contributed by atoms with Crippen LogP contribution < -0.4 is 11.1 Å². The zero-order valence-electron chi connectivity index (χ0n) is 12.6. The van der Waals surface area contributed by atoms with Crippen molar-refractivity contribution in [1.82, 2.24) is 4.90 Å². The number of hydrogen-bond donors (Lipinski definition) is 2. The van der Waals surface area contributed by atoms with E-state index in [1.807, 2.05) is 4.90 Å². The van der Waals surface area contributed by atoms with Crippen LogP contribution in [0.2, 0.25) is 0 Å². The number of anilines is 1. The molecule has 1 fully saturated rings. The summed E-state index contributed by atoms with van der Waals surface area (Å²) < 4.78 is 39.4. The van der Waals surface area contributed by atoms with Gasteiger partial charge in [-0.2, -0.15) is 0 Å². The lowest BCUT2D eigenvalue weighted by Crippen LogP contribution is -2.38. The molecule has 3 N–H and O–H groups in total. The maximum atomic E-state index is 13.5. The summed E-state index contributed by atoms with van der Waals surface area (Å²) in [5.41, 5.74) is 5.41. The molecule has 0 bridgehead atoms. The Morgan fingerprint density at radius 2 is 1.78 bits per heavy atom. The third-order valence-electron chi connectivity index (χ3n) is 3.62. The number of rotatable bonds is 3. The molecule has 0 saturated carbocycles. The van der Waals surface area contributed by atoms with Crippen LogP contribution in [0.3, 0.4) is 0 Å². The number of benzene rings is 1. The molecule has 2 rings (SSSR count). The zero-order chi connectivity index (χ0) is 16.8. The van der Waals surface area contributed by atoms with Gasteiger partial charge in [0.25, 0.3) is 0 Å². The number of nitrogens with zero attached hydrogens (tertiary/aromatic N) is 2. The van der Waals surface area contributed by atoms with E-state index in [-0.39, 0.29) is 12.5 Å². The van der Waals surface area contributed by atoms with Gasteiger partial charge in [0.05, 0.1) is 5.69 Å². The van der Waals surface area contributed by atoms with Gasteiger partial charge in [-0.15, -0.1) is 0 Å². The van der Waals surface area contributed by atoms with Gasteiger partial charge in [0.15, 0.2) is 23.4 Å². The molecule has 1 amide bonds. The number of nitrogens with one attached hydrogen (secondary N) is 1. The predicted octanol–water partition coefficient (Wildman–Crippen LogP) is 2.23. The summed E-state index contributed by atoms with van der Waals surface area (Å²) in [5, 5.41) is 2.15. The van der Waals surface area contributed by atoms with Gasteiger partial charge in [-0.3, -0.25) is 4.79 Å². The quantitative estimate of drug-likeness (QED) is 0.508. The Kier molecular flexibility index (Phi) is 5.84. The highest BCUT2D eigenvalue weighted by molar-refractivity contribution is 5.94. The van der Waals surface area contributed by atoms with Crippen molar-refractivity contribution in [2.24, 2.45) is 10.7 Å². The fourth-order valence-corrected chi connectivity index (χ4v) is 2.36. The van der Waals surface area contributed by atoms with Crippen molar-refractivity contribution in [3.63, 3.8) is 0 Å². The van der Waals surface area contributed by atoms with Crippen molar-refractivity contribution in [1.29, 1.82) is 0 Å². The number of carbonyl (C=O) groups is 1. The molecule has 0 aromatic heterocycles. The largest absolute Gasteiger partial charge is 0.370 e. The fourth-order valence-electron chi connectivity index (χ4n) is 2.36. The number of halogens is 3. The molecular formula is C15H19F3N4O. The molecular weight excluding hydrogens is 309 g/mol. The third-order valence-corrected chi connectivity index (χ3v) is 3.62. The Labute approximate surface area is 132 Å². The Morgan fingerprint density at radius 1 is 1.13 bits per heavy atom. The first-order chi connectivity index (χ1) is 11.0. The van der Waals surface area contributed by atoms with Gasteiger partial charge in [-0.1, -0.05) is 12.8 Å². The summed E-state index contributed by atoms with van der Waals surface area (Å²) in [6.07, 6.45) is 4.31. The van der Waals surface area contributed by atoms with Gasteiger partial charge >= 0.3 is 0 Å². The summed E-state index contributed by atoms with van der Waals surface area (Å²) in [7, 11) is 0. The summed E-state index contributed by atoms with van der Waals surface area (Å²) >= 11 is 0. The normalized spacial score (nSPS) is 16.1. The molecule has 8 heteroatoms. The highest BCUT2D eigenvalue weighted by Gasteiger charge is 2.15. The second-order valence-corrected chi connectivity index (χ2v) is 5.35. The van der Waals surface area contributed by atoms with E-state index in [1.54, 1.807) is 0 Å². The minimum absolute atomic E-state index is 0.257. The first-order valence-electron chi connectivity index (χ1n) is 7.47. The molecule has 1 aromatic carbocycles. The number of nitrogens with two attached hydrogens (primary N) is 1. The number of aliphatic imine (C=N–C) groups is 1. The molecule has 1 aliphatic heterocycles. The molecule has 1 heterocycles. The summed E-state index contributed by atoms with van der Waals surface area (Å²) in [6.45, 7) is 1.25. The first kappa shape index (κ1) is 17.1. The molecule has 0 spiro atoms. The van der Waals surface area contributed by atoms with Crippen LogP contribution in [-0.2, 0) is 4.79 Å². The Morgan fingerprint density at radius 3 is 2.43 bits per heavy atom. The number of amides is 1. The second kappa shape index (κ2) is 7.85. The van der Waals surface area contributed by atoms with Gasteiger partial charge in [0.1, 0.15) is 6.54 Å². The average Bonchev–Trinajstić information content (AvgIpc) is 2.82. The molecule has 1 aromatic rings. The Balaban J connectivity index is 1.94. The molecule has 0 aliphatic carbocycles. The van der Waals surface area contributed by atoms with E-state index in [0.717, 1.165) is 50.9 Å². The topological polar surface area (TPSA) is 70.7 Å². The SMILES string of the molecule is NC(=NCC(=O)Nc1ccc(F)c(F)c1F)N1CCCCCC1. The van der Waals surface area contributed by atoms with Crippen LogP contribution in [0.15, 0.2) is 17.1 Å². The van der Waals surface area contributed by atoms with E-state index in [0.29, 0.717) is 0 Å². The maximum Gasteiger partial charge on any atom is 0.246 e. The van der Waals surface area contributed by atoms with Crippen LogP contribution in [-0.4, -0.2) is 36.4 Å². The van der Waals surface area contributed by atoms with Crippen LogP contribution in [0.4, 0.5) is 18.9 Å². The molecule has 0 atom stereocenters. The van der Waals surface area contributed by atoms with Crippen LogP contribution in [0.25, 0.3) is 0 Å². The van der Waals surface area contributed by atoms with Gasteiger partial charge < -0.3 is 16.0 Å². The van der Waals surface area contributed by atoms with Gasteiger partial charge in [0.2, 0.25) is 5.91 Å². The molecule has 1 aliphatic rings. The number of likely N-dealkylation sites (tertiary alicyclic amines) is 1. The minimum atomic E-state index is -1.63. The summed E-state index contributed by atoms with van der Waals surface area (Å²) in [5.74, 6) is -4.79. The van der Waals surface area contributed by atoms with Crippen LogP contribution >= 0.6 is 0 Å². The maximum absolute atomic E-state index is 13.5. The van der Waals surface area contributed by atoms with Crippen LogP contribution in [0, 0.1) is 17.5 Å². The molecule has 0 unspecified atom stereocenters. The van der Waals surface area contributed by atoms with E-state index in [2.05, 4.69) is 10.3 Å². The number of guanidine groups is 1. The molecule has 5 nitrogen and oxygen atoms in total. The minimum Gasteiger partial charge on any atom is -0.370 e. The zero-order valence-corrected chi connectivity index (χ0v) is 12.6. The Hall–Kier alpha value is -2.25. The molecule has 0 radical (unpaired) electrons. The van der Waals surface area contributed by atoms with Crippen molar-refractivity contribution in [2.45, 2.75) is 25.7 Å². The highest BCUT2D eigenvalue weighted by atomic mass is 19.2. The molecule has 1 saturated heterocycles. The standard InChI is InChI=1S/C15H19F3N4O/c16-10-5-6-11(14(18)13(10)17)21-12(23)9-20-15(19)22-7-3-1-2-4-8-22/h5-6H,1-4,7-9H2,(H2,19,20)(H,21,23). The van der Waals surface area contributed by atoms with Crippen molar-refractivity contribution in [3.05, 3.63) is 29.6 Å². The second-order valence-electron chi connectivity index (χ2n) is 5.35. The van der Waals surface area contributed by atoms with E-state index in [1.165, 1.54) is 0 Å².